The highest BCUT2D eigenvalue weighted by atomic mass is 16.7. The van der Waals surface area contributed by atoms with E-state index in [0.29, 0.717) is 6.42 Å². The van der Waals surface area contributed by atoms with Gasteiger partial charge < -0.3 is 14.2 Å². The minimum atomic E-state index is -0.300. The molecule has 1 saturated carbocycles. The predicted octanol–water partition coefficient (Wildman–Crippen LogP) is 3.34. The molecule has 3 heterocycles. The van der Waals surface area contributed by atoms with Crippen LogP contribution in [0.4, 0.5) is 0 Å². The van der Waals surface area contributed by atoms with Crippen LogP contribution in [0.1, 0.15) is 50.5 Å². The van der Waals surface area contributed by atoms with Gasteiger partial charge >= 0.3 is 0 Å². The van der Waals surface area contributed by atoms with Crippen LogP contribution < -0.4 is 0 Å². The van der Waals surface area contributed by atoms with Crippen LogP contribution in [0.5, 0.6) is 0 Å². The van der Waals surface area contributed by atoms with Gasteiger partial charge in [-0.15, -0.1) is 0 Å². The van der Waals surface area contributed by atoms with E-state index in [1.165, 1.54) is 5.56 Å². The number of Topliss-reactive ketones (excluding diaryl/α,β-unsaturated/α-hetero) is 1. The number of rotatable bonds is 3. The number of ketones is 1. The molecule has 3 unspecified atom stereocenters. The maximum atomic E-state index is 12.5. The highest BCUT2D eigenvalue weighted by Crippen LogP contribution is 2.67. The van der Waals surface area contributed by atoms with Crippen molar-refractivity contribution in [2.75, 3.05) is 6.61 Å². The molecule has 1 aliphatic carbocycles. The van der Waals surface area contributed by atoms with Gasteiger partial charge in [0.25, 0.3) is 0 Å². The number of hydrogen-bond donors (Lipinski definition) is 0. The standard InChI is InChI=1S/C20H24O4/c21-15-9-10-20(14-6-2-1-3-7-14)13-19(18(15)24-20)12-16(19)23-17-8-4-5-11-22-17/h1-3,6-7,16-18H,4-5,8-13H2/t16?,17?,18-,19?,20+/m0/s1. The first-order chi connectivity index (χ1) is 11.7. The second-order valence-corrected chi connectivity index (χ2v) is 7.86. The first kappa shape index (κ1) is 15.1. The number of carbonyl (C=O) groups excluding carboxylic acids is 1. The minimum absolute atomic E-state index is 0.0913. The van der Waals surface area contributed by atoms with Crippen LogP contribution in [0.15, 0.2) is 30.3 Å². The third-order valence-corrected chi connectivity index (χ3v) is 6.35. The van der Waals surface area contributed by atoms with E-state index >= 15 is 0 Å². The number of carbonyl (C=O) groups is 1. The Morgan fingerprint density at radius 3 is 2.83 bits per heavy atom. The first-order valence-electron chi connectivity index (χ1n) is 9.25. The first-order valence-corrected chi connectivity index (χ1v) is 9.25. The molecule has 3 aliphatic heterocycles. The third-order valence-electron chi connectivity index (χ3n) is 6.35. The fourth-order valence-electron chi connectivity index (χ4n) is 4.99. The summed E-state index contributed by atoms with van der Waals surface area (Å²) in [5, 5.41) is 0. The highest BCUT2D eigenvalue weighted by Gasteiger charge is 2.72. The molecule has 1 spiro atoms. The molecule has 4 aliphatic rings. The summed E-state index contributed by atoms with van der Waals surface area (Å²) in [5.41, 5.74) is 0.786. The van der Waals surface area contributed by atoms with Gasteiger partial charge in [0.1, 0.15) is 6.10 Å². The van der Waals surface area contributed by atoms with Crippen molar-refractivity contribution in [1.82, 2.24) is 0 Å². The Balaban J connectivity index is 1.39. The second kappa shape index (κ2) is 5.38. The summed E-state index contributed by atoms with van der Waals surface area (Å²) >= 11 is 0. The normalized spacial score (nSPS) is 44.0. The molecule has 0 amide bonds. The van der Waals surface area contributed by atoms with Crippen LogP contribution in [-0.4, -0.2) is 30.9 Å². The molecule has 4 fully saturated rings. The molecule has 4 nitrogen and oxygen atoms in total. The molecule has 5 atom stereocenters. The number of fused-ring (bicyclic) bond motifs is 3. The molecule has 0 radical (unpaired) electrons. The van der Waals surface area contributed by atoms with Crippen LogP contribution in [0.3, 0.4) is 0 Å². The van der Waals surface area contributed by atoms with Gasteiger partial charge in [0.2, 0.25) is 0 Å². The van der Waals surface area contributed by atoms with Gasteiger partial charge in [0.15, 0.2) is 12.1 Å². The molecule has 24 heavy (non-hydrogen) atoms. The maximum Gasteiger partial charge on any atom is 0.162 e. The molecule has 1 aromatic carbocycles. The van der Waals surface area contributed by atoms with Crippen molar-refractivity contribution in [3.05, 3.63) is 35.9 Å². The number of ether oxygens (including phenoxy) is 3. The molecule has 1 aromatic rings. The predicted molar refractivity (Wildman–Crippen MR) is 87.4 cm³/mol. The zero-order valence-electron chi connectivity index (χ0n) is 13.9. The summed E-state index contributed by atoms with van der Waals surface area (Å²) in [6.07, 6.45) is 6.22. The van der Waals surface area contributed by atoms with E-state index in [2.05, 4.69) is 24.3 Å². The summed E-state index contributed by atoms with van der Waals surface area (Å²) in [5.74, 6) is 0.259. The zero-order chi connectivity index (χ0) is 16.2. The number of benzene rings is 1. The van der Waals surface area contributed by atoms with Crippen molar-refractivity contribution in [2.24, 2.45) is 5.41 Å². The molecule has 3 saturated heterocycles. The maximum absolute atomic E-state index is 12.5. The monoisotopic (exact) mass is 328 g/mol. The lowest BCUT2D eigenvalue weighted by Gasteiger charge is -2.33. The molecular weight excluding hydrogens is 304 g/mol. The summed E-state index contributed by atoms with van der Waals surface area (Å²) in [6, 6.07) is 10.4. The van der Waals surface area contributed by atoms with E-state index in [1.807, 2.05) is 6.07 Å². The summed E-state index contributed by atoms with van der Waals surface area (Å²) in [4.78, 5) is 12.5. The average molecular weight is 328 g/mol. The lowest BCUT2D eigenvalue weighted by atomic mass is 9.84. The van der Waals surface area contributed by atoms with Crippen LogP contribution in [0.25, 0.3) is 0 Å². The van der Waals surface area contributed by atoms with E-state index in [1.54, 1.807) is 0 Å². The lowest BCUT2D eigenvalue weighted by Crippen LogP contribution is -2.37. The molecule has 128 valence electrons. The van der Waals surface area contributed by atoms with Crippen LogP contribution in [-0.2, 0) is 24.6 Å². The minimum Gasteiger partial charge on any atom is -0.359 e. The molecule has 5 rings (SSSR count). The summed E-state index contributed by atoms with van der Waals surface area (Å²) in [7, 11) is 0. The smallest absolute Gasteiger partial charge is 0.162 e. The van der Waals surface area contributed by atoms with Gasteiger partial charge in [-0.3, -0.25) is 4.79 Å². The van der Waals surface area contributed by atoms with Gasteiger partial charge in [0, 0.05) is 18.4 Å². The van der Waals surface area contributed by atoms with Gasteiger partial charge in [-0.25, -0.2) is 0 Å². The third kappa shape index (κ3) is 2.20. The molecule has 2 bridgehead atoms. The van der Waals surface area contributed by atoms with Crippen molar-refractivity contribution < 1.29 is 19.0 Å². The van der Waals surface area contributed by atoms with Crippen LogP contribution in [0.2, 0.25) is 0 Å². The van der Waals surface area contributed by atoms with Gasteiger partial charge in [-0.2, -0.15) is 0 Å². The molecular formula is C20H24O4. The summed E-state index contributed by atoms with van der Waals surface area (Å²) < 4.78 is 18.4. The fraction of sp³-hybridized carbons (Fsp3) is 0.650. The van der Waals surface area contributed by atoms with Gasteiger partial charge in [-0.05, 0) is 44.1 Å². The molecule has 0 aromatic heterocycles. The van der Waals surface area contributed by atoms with E-state index in [-0.39, 0.29) is 35.3 Å². The average Bonchev–Trinajstić information content (AvgIpc) is 3.21. The Bertz CT molecular complexity index is 638. The Hall–Kier alpha value is -1.23. The Kier molecular flexibility index (Phi) is 3.38. The lowest BCUT2D eigenvalue weighted by molar-refractivity contribution is -0.178. The largest absolute Gasteiger partial charge is 0.359 e. The van der Waals surface area contributed by atoms with E-state index in [9.17, 15) is 4.79 Å². The Labute approximate surface area is 142 Å². The van der Waals surface area contributed by atoms with Crippen molar-refractivity contribution >= 4 is 5.78 Å². The SMILES string of the molecule is O=C1CC[C@]2(c3ccccc3)CC3(CC3OC3CCCCO3)[C@H]1O2. The van der Waals surface area contributed by atoms with Crippen LogP contribution >= 0.6 is 0 Å². The van der Waals surface area contributed by atoms with Crippen molar-refractivity contribution in [1.29, 1.82) is 0 Å². The Morgan fingerprint density at radius 1 is 1.17 bits per heavy atom. The molecule has 0 N–H and O–H groups in total. The summed E-state index contributed by atoms with van der Waals surface area (Å²) in [6.45, 7) is 0.789. The van der Waals surface area contributed by atoms with Crippen molar-refractivity contribution in [2.45, 2.75) is 69.0 Å². The fourth-order valence-corrected chi connectivity index (χ4v) is 4.99. The topological polar surface area (TPSA) is 44.8 Å². The Morgan fingerprint density at radius 2 is 2.04 bits per heavy atom. The van der Waals surface area contributed by atoms with Gasteiger partial charge in [-0.1, -0.05) is 30.3 Å². The van der Waals surface area contributed by atoms with Gasteiger partial charge in [0.05, 0.1) is 11.7 Å². The van der Waals surface area contributed by atoms with Crippen molar-refractivity contribution in [3.63, 3.8) is 0 Å². The molecule has 4 heteroatoms. The quantitative estimate of drug-likeness (QED) is 0.854. The van der Waals surface area contributed by atoms with Crippen molar-refractivity contribution in [3.8, 4) is 0 Å². The zero-order valence-corrected chi connectivity index (χ0v) is 13.9. The van der Waals surface area contributed by atoms with E-state index in [0.717, 1.165) is 45.1 Å². The van der Waals surface area contributed by atoms with E-state index < -0.39 is 0 Å². The van der Waals surface area contributed by atoms with Crippen LogP contribution in [0, 0.1) is 5.41 Å². The highest BCUT2D eigenvalue weighted by molar-refractivity contribution is 5.86. The second-order valence-electron chi connectivity index (χ2n) is 7.86. The number of hydrogen-bond acceptors (Lipinski definition) is 4. The van der Waals surface area contributed by atoms with E-state index in [4.69, 9.17) is 14.2 Å².